The molecule has 1 saturated carbocycles. The molecule has 0 aromatic heterocycles. The van der Waals surface area contributed by atoms with Crippen LogP contribution in [0.5, 0.6) is 0 Å². The maximum absolute atomic E-state index is 5.64. The van der Waals surface area contributed by atoms with Crippen molar-refractivity contribution in [1.29, 1.82) is 0 Å². The molecular formula is C15H28N4O. The Morgan fingerprint density at radius 2 is 2.15 bits per heavy atom. The minimum atomic E-state index is 0.359. The van der Waals surface area contributed by atoms with Crippen LogP contribution in [-0.4, -0.2) is 62.3 Å². The number of aliphatic imine (C=N–C) groups is 1. The van der Waals surface area contributed by atoms with E-state index in [1.165, 1.54) is 32.2 Å². The van der Waals surface area contributed by atoms with Crippen LogP contribution in [0.1, 0.15) is 32.6 Å². The van der Waals surface area contributed by atoms with Crippen LogP contribution in [0.2, 0.25) is 0 Å². The fraction of sp³-hybridized carbons (Fsp3) is 0.933. The van der Waals surface area contributed by atoms with E-state index >= 15 is 0 Å². The van der Waals surface area contributed by atoms with Crippen LogP contribution in [0.3, 0.4) is 0 Å². The summed E-state index contributed by atoms with van der Waals surface area (Å²) in [6.07, 6.45) is 5.50. The first-order valence-corrected chi connectivity index (χ1v) is 8.09. The third kappa shape index (κ3) is 3.44. The fourth-order valence-electron chi connectivity index (χ4n) is 3.32. The van der Waals surface area contributed by atoms with Gasteiger partial charge < -0.3 is 15.4 Å². The highest BCUT2D eigenvalue weighted by Gasteiger charge is 2.38. The molecule has 3 fully saturated rings. The van der Waals surface area contributed by atoms with Crippen molar-refractivity contribution in [3.05, 3.63) is 0 Å². The first-order chi connectivity index (χ1) is 9.76. The molecule has 3 rings (SSSR count). The van der Waals surface area contributed by atoms with E-state index in [2.05, 4.69) is 27.4 Å². The van der Waals surface area contributed by atoms with E-state index < -0.39 is 0 Å². The number of hydrogen-bond donors (Lipinski definition) is 2. The zero-order valence-corrected chi connectivity index (χ0v) is 12.8. The summed E-state index contributed by atoms with van der Waals surface area (Å²) < 4.78 is 5.64. The molecule has 2 aliphatic heterocycles. The lowest BCUT2D eigenvalue weighted by Gasteiger charge is -2.21. The van der Waals surface area contributed by atoms with Crippen molar-refractivity contribution in [2.75, 3.05) is 33.3 Å². The third-order valence-electron chi connectivity index (χ3n) is 4.77. The molecule has 0 aromatic carbocycles. The highest BCUT2D eigenvalue weighted by Crippen LogP contribution is 2.31. The van der Waals surface area contributed by atoms with Crippen LogP contribution in [-0.2, 0) is 4.74 Å². The minimum Gasteiger partial charge on any atom is -0.376 e. The highest BCUT2D eigenvalue weighted by atomic mass is 16.5. The molecule has 1 aliphatic carbocycles. The van der Waals surface area contributed by atoms with Crippen LogP contribution in [0.25, 0.3) is 0 Å². The molecule has 0 aromatic rings. The lowest BCUT2D eigenvalue weighted by Crippen LogP contribution is -2.48. The second-order valence-corrected chi connectivity index (χ2v) is 6.50. The largest absolute Gasteiger partial charge is 0.376 e. The van der Waals surface area contributed by atoms with E-state index in [1.807, 2.05) is 7.05 Å². The maximum atomic E-state index is 5.64. The van der Waals surface area contributed by atoms with E-state index in [4.69, 9.17) is 4.74 Å². The van der Waals surface area contributed by atoms with Gasteiger partial charge in [-0.2, -0.15) is 0 Å². The van der Waals surface area contributed by atoms with Crippen molar-refractivity contribution >= 4 is 5.96 Å². The van der Waals surface area contributed by atoms with Crippen molar-refractivity contribution in [3.63, 3.8) is 0 Å². The van der Waals surface area contributed by atoms with Gasteiger partial charge in [-0.3, -0.25) is 9.89 Å². The molecule has 0 bridgehead atoms. The van der Waals surface area contributed by atoms with Gasteiger partial charge in [-0.05, 0) is 31.6 Å². The van der Waals surface area contributed by atoms with E-state index in [-0.39, 0.29) is 0 Å². The number of ether oxygens (including phenoxy) is 1. The first kappa shape index (κ1) is 14.1. The van der Waals surface area contributed by atoms with Crippen LogP contribution in [0.15, 0.2) is 4.99 Å². The molecule has 5 heteroatoms. The number of hydrogen-bond acceptors (Lipinski definition) is 3. The summed E-state index contributed by atoms with van der Waals surface area (Å²) in [6.45, 7) is 6.51. The summed E-state index contributed by atoms with van der Waals surface area (Å²) in [6, 6.07) is 1.39. The highest BCUT2D eigenvalue weighted by molar-refractivity contribution is 5.80. The summed E-state index contributed by atoms with van der Waals surface area (Å²) >= 11 is 0. The molecule has 3 unspecified atom stereocenters. The SMILES string of the molecule is CN=C(NCC1CCCO1)NC1CN(C2CC2)CC1C. The summed E-state index contributed by atoms with van der Waals surface area (Å²) in [4.78, 5) is 6.99. The molecule has 3 atom stereocenters. The summed E-state index contributed by atoms with van der Waals surface area (Å²) in [5, 5.41) is 7.01. The zero-order valence-electron chi connectivity index (χ0n) is 12.8. The molecule has 20 heavy (non-hydrogen) atoms. The molecule has 0 radical (unpaired) electrons. The Hall–Kier alpha value is -0.810. The van der Waals surface area contributed by atoms with Gasteiger partial charge in [0.25, 0.3) is 0 Å². The number of nitrogens with zero attached hydrogens (tertiary/aromatic N) is 2. The van der Waals surface area contributed by atoms with Crippen LogP contribution >= 0.6 is 0 Å². The average molecular weight is 280 g/mol. The summed E-state index contributed by atoms with van der Waals surface area (Å²) in [7, 11) is 1.85. The lowest BCUT2D eigenvalue weighted by molar-refractivity contribution is 0.113. The standard InChI is InChI=1S/C15H28N4O/c1-11-9-19(12-5-6-12)10-14(11)18-15(16-2)17-8-13-4-3-7-20-13/h11-14H,3-10H2,1-2H3,(H2,16,17,18). The van der Waals surface area contributed by atoms with Crippen LogP contribution in [0.4, 0.5) is 0 Å². The molecule has 2 saturated heterocycles. The summed E-state index contributed by atoms with van der Waals surface area (Å²) in [5.41, 5.74) is 0. The Morgan fingerprint density at radius 3 is 2.80 bits per heavy atom. The molecule has 0 amide bonds. The van der Waals surface area contributed by atoms with Gasteiger partial charge in [-0.1, -0.05) is 6.92 Å². The number of rotatable bonds is 4. The van der Waals surface area contributed by atoms with E-state index in [9.17, 15) is 0 Å². The van der Waals surface area contributed by atoms with Gasteiger partial charge in [-0.25, -0.2) is 0 Å². The van der Waals surface area contributed by atoms with E-state index in [0.717, 1.165) is 31.7 Å². The Bertz CT molecular complexity index is 350. The molecule has 2 N–H and O–H groups in total. The van der Waals surface area contributed by atoms with Gasteiger partial charge in [0.2, 0.25) is 0 Å². The topological polar surface area (TPSA) is 48.9 Å². The van der Waals surface area contributed by atoms with Gasteiger partial charge in [-0.15, -0.1) is 0 Å². The molecular weight excluding hydrogens is 252 g/mol. The van der Waals surface area contributed by atoms with Crippen LogP contribution in [0, 0.1) is 5.92 Å². The van der Waals surface area contributed by atoms with Crippen molar-refractivity contribution in [3.8, 4) is 0 Å². The molecule has 114 valence electrons. The Labute approximate surface area is 122 Å². The van der Waals surface area contributed by atoms with Gasteiger partial charge in [0, 0.05) is 45.4 Å². The van der Waals surface area contributed by atoms with Crippen molar-refractivity contribution in [2.24, 2.45) is 10.9 Å². The average Bonchev–Trinajstić information content (AvgIpc) is 3.05. The van der Waals surface area contributed by atoms with Crippen LogP contribution < -0.4 is 10.6 Å². The van der Waals surface area contributed by atoms with Crippen molar-refractivity contribution < 1.29 is 4.74 Å². The van der Waals surface area contributed by atoms with Gasteiger partial charge >= 0.3 is 0 Å². The Morgan fingerprint density at radius 1 is 1.30 bits per heavy atom. The predicted molar refractivity (Wildman–Crippen MR) is 81.0 cm³/mol. The minimum absolute atomic E-state index is 0.359. The second-order valence-electron chi connectivity index (χ2n) is 6.50. The number of nitrogens with one attached hydrogen (secondary N) is 2. The first-order valence-electron chi connectivity index (χ1n) is 8.09. The van der Waals surface area contributed by atoms with Gasteiger partial charge in [0.15, 0.2) is 5.96 Å². The van der Waals surface area contributed by atoms with Crippen molar-refractivity contribution in [2.45, 2.75) is 50.8 Å². The predicted octanol–water partition coefficient (Wildman–Crippen LogP) is 0.813. The monoisotopic (exact) mass is 280 g/mol. The van der Waals surface area contributed by atoms with Crippen molar-refractivity contribution in [1.82, 2.24) is 15.5 Å². The quantitative estimate of drug-likeness (QED) is 0.591. The third-order valence-corrected chi connectivity index (χ3v) is 4.77. The maximum Gasteiger partial charge on any atom is 0.191 e. The second kappa shape index (κ2) is 6.31. The number of guanidine groups is 1. The molecule has 3 aliphatic rings. The van der Waals surface area contributed by atoms with Gasteiger partial charge in [0.05, 0.1) is 6.10 Å². The Kier molecular flexibility index (Phi) is 4.46. The van der Waals surface area contributed by atoms with Gasteiger partial charge in [0.1, 0.15) is 0 Å². The van der Waals surface area contributed by atoms with E-state index in [1.54, 1.807) is 0 Å². The molecule has 5 nitrogen and oxygen atoms in total. The Balaban J connectivity index is 1.44. The normalized spacial score (nSPS) is 35.5. The molecule has 2 heterocycles. The lowest BCUT2D eigenvalue weighted by atomic mass is 10.1. The van der Waals surface area contributed by atoms with E-state index in [0.29, 0.717) is 18.1 Å². The summed E-state index contributed by atoms with van der Waals surface area (Å²) in [5.74, 6) is 1.62. The number of likely N-dealkylation sites (tertiary alicyclic amines) is 1. The molecule has 0 spiro atoms. The fourth-order valence-corrected chi connectivity index (χ4v) is 3.32. The smallest absolute Gasteiger partial charge is 0.191 e. The zero-order chi connectivity index (χ0) is 13.9.